The standard InChI is InChI=1S/C16H21ClN2OS/c1-4-14(11-21-3)19(2)16(20)13-8-7-12(6-5-9-18)15(17)10-13/h7-8,10,14H,4,9,11,18H2,1-3H3. The number of halogens is 1. The number of rotatable bonds is 5. The van der Waals surface area contributed by atoms with Crippen LogP contribution in [0.15, 0.2) is 18.2 Å². The van der Waals surface area contributed by atoms with Crippen molar-refractivity contribution in [3.8, 4) is 11.8 Å². The summed E-state index contributed by atoms with van der Waals surface area (Å²) < 4.78 is 0. The molecule has 1 rings (SSSR count). The lowest BCUT2D eigenvalue weighted by Crippen LogP contribution is -2.38. The summed E-state index contributed by atoms with van der Waals surface area (Å²) in [5, 5.41) is 0.480. The summed E-state index contributed by atoms with van der Waals surface area (Å²) in [6.07, 6.45) is 2.97. The Hall–Kier alpha value is -1.15. The average molecular weight is 325 g/mol. The summed E-state index contributed by atoms with van der Waals surface area (Å²) in [5.41, 5.74) is 6.62. The predicted octanol–water partition coefficient (Wildman–Crippen LogP) is 2.86. The van der Waals surface area contributed by atoms with Crippen molar-refractivity contribution >= 4 is 29.3 Å². The Labute approximate surface area is 136 Å². The maximum absolute atomic E-state index is 12.5. The molecule has 0 bridgehead atoms. The lowest BCUT2D eigenvalue weighted by molar-refractivity contribution is 0.0743. The minimum Gasteiger partial charge on any atom is -0.338 e. The van der Waals surface area contributed by atoms with E-state index in [1.807, 2.05) is 13.3 Å². The average Bonchev–Trinajstić information content (AvgIpc) is 2.50. The molecule has 1 unspecified atom stereocenters. The summed E-state index contributed by atoms with van der Waals surface area (Å²) in [6, 6.07) is 5.42. The zero-order valence-electron chi connectivity index (χ0n) is 12.6. The fourth-order valence-electron chi connectivity index (χ4n) is 1.96. The van der Waals surface area contributed by atoms with Crippen molar-refractivity contribution in [2.45, 2.75) is 19.4 Å². The van der Waals surface area contributed by atoms with E-state index < -0.39 is 0 Å². The third-order valence-corrected chi connectivity index (χ3v) is 4.27. The number of amides is 1. The number of carbonyl (C=O) groups excluding carboxylic acids is 1. The molecule has 3 nitrogen and oxygen atoms in total. The lowest BCUT2D eigenvalue weighted by atomic mass is 10.1. The van der Waals surface area contributed by atoms with Crippen molar-refractivity contribution < 1.29 is 4.79 Å². The number of nitrogens with two attached hydrogens (primary N) is 1. The number of thioether (sulfide) groups is 1. The maximum atomic E-state index is 12.5. The van der Waals surface area contributed by atoms with E-state index in [4.69, 9.17) is 17.3 Å². The molecule has 114 valence electrons. The van der Waals surface area contributed by atoms with Crippen LogP contribution in [0.3, 0.4) is 0 Å². The van der Waals surface area contributed by atoms with Crippen LogP contribution in [-0.2, 0) is 0 Å². The van der Waals surface area contributed by atoms with Gasteiger partial charge in [0.1, 0.15) is 0 Å². The summed E-state index contributed by atoms with van der Waals surface area (Å²) >= 11 is 7.91. The Kier molecular flexibility index (Phi) is 7.66. The maximum Gasteiger partial charge on any atom is 0.253 e. The minimum atomic E-state index is -0.0175. The third kappa shape index (κ3) is 4.96. The Morgan fingerprint density at radius 1 is 1.52 bits per heavy atom. The van der Waals surface area contributed by atoms with Gasteiger partial charge in [-0.05, 0) is 30.9 Å². The van der Waals surface area contributed by atoms with Gasteiger partial charge >= 0.3 is 0 Å². The van der Waals surface area contributed by atoms with Crippen molar-refractivity contribution in [1.29, 1.82) is 0 Å². The van der Waals surface area contributed by atoms with Gasteiger partial charge in [0.2, 0.25) is 0 Å². The molecule has 1 amide bonds. The third-order valence-electron chi connectivity index (χ3n) is 3.24. The molecule has 0 saturated carbocycles. The Bertz CT molecular complexity index is 551. The molecule has 0 fully saturated rings. The second kappa shape index (κ2) is 8.99. The fourth-order valence-corrected chi connectivity index (χ4v) is 3.03. The van der Waals surface area contributed by atoms with Crippen LogP contribution < -0.4 is 5.73 Å². The zero-order chi connectivity index (χ0) is 15.8. The molecule has 0 heterocycles. The van der Waals surface area contributed by atoms with Crippen LogP contribution in [0.1, 0.15) is 29.3 Å². The first-order valence-corrected chi connectivity index (χ1v) is 8.56. The topological polar surface area (TPSA) is 46.3 Å². The molecule has 5 heteroatoms. The lowest BCUT2D eigenvalue weighted by Gasteiger charge is -2.27. The highest BCUT2D eigenvalue weighted by Gasteiger charge is 2.19. The molecule has 1 aromatic carbocycles. The molecule has 1 atom stereocenters. The van der Waals surface area contributed by atoms with E-state index in [1.54, 1.807) is 34.9 Å². The highest BCUT2D eigenvalue weighted by Crippen LogP contribution is 2.19. The first-order valence-electron chi connectivity index (χ1n) is 6.79. The van der Waals surface area contributed by atoms with E-state index in [0.717, 1.165) is 12.2 Å². The summed E-state index contributed by atoms with van der Waals surface area (Å²) in [7, 11) is 1.84. The van der Waals surface area contributed by atoms with Gasteiger partial charge in [0.05, 0.1) is 11.6 Å². The monoisotopic (exact) mass is 324 g/mol. The molecule has 2 N–H and O–H groups in total. The second-order valence-corrected chi connectivity index (χ2v) is 5.95. The molecule has 0 aliphatic heterocycles. The summed E-state index contributed by atoms with van der Waals surface area (Å²) in [5.74, 6) is 6.55. The van der Waals surface area contributed by atoms with Gasteiger partial charge in [-0.15, -0.1) is 0 Å². The van der Waals surface area contributed by atoms with Crippen LogP contribution in [0.4, 0.5) is 0 Å². The zero-order valence-corrected chi connectivity index (χ0v) is 14.2. The first kappa shape index (κ1) is 17.9. The quantitative estimate of drug-likeness (QED) is 0.847. The van der Waals surface area contributed by atoms with E-state index in [2.05, 4.69) is 18.8 Å². The van der Waals surface area contributed by atoms with Gasteiger partial charge in [0.25, 0.3) is 5.91 Å². The number of hydrogen-bond acceptors (Lipinski definition) is 3. The van der Waals surface area contributed by atoms with Crippen molar-refractivity contribution in [3.05, 3.63) is 34.3 Å². The van der Waals surface area contributed by atoms with Gasteiger partial charge in [0, 0.05) is 30.0 Å². The van der Waals surface area contributed by atoms with E-state index in [9.17, 15) is 4.79 Å². The summed E-state index contributed by atoms with van der Waals surface area (Å²) in [4.78, 5) is 14.3. The van der Waals surface area contributed by atoms with Crippen molar-refractivity contribution in [2.24, 2.45) is 5.73 Å². The van der Waals surface area contributed by atoms with Crippen LogP contribution in [0.5, 0.6) is 0 Å². The summed E-state index contributed by atoms with van der Waals surface area (Å²) in [6.45, 7) is 2.37. The Morgan fingerprint density at radius 2 is 2.24 bits per heavy atom. The van der Waals surface area contributed by atoms with E-state index in [-0.39, 0.29) is 18.5 Å². The smallest absolute Gasteiger partial charge is 0.253 e. The normalized spacial score (nSPS) is 11.5. The second-order valence-electron chi connectivity index (χ2n) is 4.63. The van der Waals surface area contributed by atoms with Crippen molar-refractivity contribution in [2.75, 3.05) is 25.6 Å². The van der Waals surface area contributed by atoms with Gasteiger partial charge < -0.3 is 10.6 Å². The molecular weight excluding hydrogens is 304 g/mol. The van der Waals surface area contributed by atoms with Crippen LogP contribution in [0, 0.1) is 11.8 Å². The largest absolute Gasteiger partial charge is 0.338 e. The first-order chi connectivity index (χ1) is 10.0. The van der Waals surface area contributed by atoms with Crippen LogP contribution in [-0.4, -0.2) is 42.4 Å². The molecule has 21 heavy (non-hydrogen) atoms. The van der Waals surface area contributed by atoms with Crippen LogP contribution in [0.2, 0.25) is 5.02 Å². The number of hydrogen-bond donors (Lipinski definition) is 1. The van der Waals surface area contributed by atoms with Gasteiger partial charge in [-0.1, -0.05) is 30.4 Å². The van der Waals surface area contributed by atoms with Gasteiger partial charge in [-0.3, -0.25) is 4.79 Å². The van der Waals surface area contributed by atoms with Gasteiger partial charge in [-0.2, -0.15) is 11.8 Å². The van der Waals surface area contributed by atoms with E-state index in [1.165, 1.54) is 0 Å². The molecule has 0 saturated heterocycles. The molecule has 0 radical (unpaired) electrons. The number of benzene rings is 1. The Balaban J connectivity index is 2.95. The highest BCUT2D eigenvalue weighted by atomic mass is 35.5. The van der Waals surface area contributed by atoms with E-state index in [0.29, 0.717) is 16.1 Å². The molecule has 0 aliphatic rings. The molecular formula is C16H21ClN2OS. The Morgan fingerprint density at radius 3 is 2.76 bits per heavy atom. The molecule has 1 aromatic rings. The van der Waals surface area contributed by atoms with Crippen LogP contribution in [0.25, 0.3) is 0 Å². The molecule has 0 aromatic heterocycles. The number of nitrogens with zero attached hydrogens (tertiary/aromatic N) is 1. The molecule has 0 aliphatic carbocycles. The van der Waals surface area contributed by atoms with E-state index >= 15 is 0 Å². The van der Waals surface area contributed by atoms with Crippen molar-refractivity contribution in [1.82, 2.24) is 4.90 Å². The van der Waals surface area contributed by atoms with Gasteiger partial charge in [-0.25, -0.2) is 0 Å². The fraction of sp³-hybridized carbons (Fsp3) is 0.438. The highest BCUT2D eigenvalue weighted by molar-refractivity contribution is 7.98. The van der Waals surface area contributed by atoms with Crippen LogP contribution >= 0.6 is 23.4 Å². The number of carbonyl (C=O) groups is 1. The van der Waals surface area contributed by atoms with Gasteiger partial charge in [0.15, 0.2) is 0 Å². The minimum absolute atomic E-state index is 0.0175. The van der Waals surface area contributed by atoms with Crippen molar-refractivity contribution in [3.63, 3.8) is 0 Å². The molecule has 0 spiro atoms. The SMILES string of the molecule is CCC(CSC)N(C)C(=O)c1ccc(C#CCN)c(Cl)c1. The predicted molar refractivity (Wildman–Crippen MR) is 91.9 cm³/mol.